The molecule has 1 amide bonds. The SMILES string of the molecule is CCC(=O)NCc1ccc(CN)cc1.Cl. The standard InChI is InChI=1S/C11H16N2O.ClH/c1-2-11(14)13-8-10-5-3-9(7-12)4-6-10;/h3-6H,2,7-8,12H2,1H3,(H,13,14);1H. The molecule has 0 radical (unpaired) electrons. The molecule has 0 heterocycles. The fraction of sp³-hybridized carbons (Fsp3) is 0.364. The van der Waals surface area contributed by atoms with E-state index in [9.17, 15) is 4.79 Å². The summed E-state index contributed by atoms with van der Waals surface area (Å²) in [5, 5.41) is 2.82. The molecule has 1 aromatic rings. The average Bonchev–Trinajstić information content (AvgIpc) is 2.26. The van der Waals surface area contributed by atoms with Crippen LogP contribution in [0.2, 0.25) is 0 Å². The molecule has 0 fully saturated rings. The van der Waals surface area contributed by atoms with Crippen molar-refractivity contribution in [2.75, 3.05) is 0 Å². The van der Waals surface area contributed by atoms with E-state index in [2.05, 4.69) is 5.32 Å². The molecule has 15 heavy (non-hydrogen) atoms. The molecule has 3 N–H and O–H groups in total. The number of nitrogens with two attached hydrogens (primary N) is 1. The minimum atomic E-state index is 0. The molecule has 84 valence electrons. The Balaban J connectivity index is 0.00000196. The number of hydrogen-bond donors (Lipinski definition) is 2. The van der Waals surface area contributed by atoms with Crippen molar-refractivity contribution in [1.82, 2.24) is 5.32 Å². The Kier molecular flexibility index (Phi) is 6.75. The minimum Gasteiger partial charge on any atom is -0.352 e. The van der Waals surface area contributed by atoms with Gasteiger partial charge in [0.05, 0.1) is 0 Å². The van der Waals surface area contributed by atoms with Crippen LogP contribution in [0.1, 0.15) is 24.5 Å². The van der Waals surface area contributed by atoms with Crippen molar-refractivity contribution in [3.8, 4) is 0 Å². The molecule has 0 spiro atoms. The van der Waals surface area contributed by atoms with E-state index >= 15 is 0 Å². The summed E-state index contributed by atoms with van der Waals surface area (Å²) in [4.78, 5) is 11.0. The van der Waals surface area contributed by atoms with Gasteiger partial charge < -0.3 is 11.1 Å². The van der Waals surface area contributed by atoms with E-state index in [4.69, 9.17) is 5.73 Å². The summed E-state index contributed by atoms with van der Waals surface area (Å²) in [6, 6.07) is 7.93. The Morgan fingerprint density at radius 2 is 1.80 bits per heavy atom. The van der Waals surface area contributed by atoms with Gasteiger partial charge in [-0.2, -0.15) is 0 Å². The van der Waals surface area contributed by atoms with Crippen LogP contribution >= 0.6 is 12.4 Å². The van der Waals surface area contributed by atoms with Crippen molar-refractivity contribution in [1.29, 1.82) is 0 Å². The summed E-state index contributed by atoms with van der Waals surface area (Å²) in [6.45, 7) is 2.99. The van der Waals surface area contributed by atoms with Crippen molar-refractivity contribution in [3.63, 3.8) is 0 Å². The Morgan fingerprint density at radius 1 is 1.27 bits per heavy atom. The van der Waals surface area contributed by atoms with Gasteiger partial charge in [-0.05, 0) is 11.1 Å². The lowest BCUT2D eigenvalue weighted by Crippen LogP contribution is -2.21. The predicted molar refractivity (Wildman–Crippen MR) is 63.7 cm³/mol. The van der Waals surface area contributed by atoms with E-state index in [0.717, 1.165) is 11.1 Å². The molecule has 0 aliphatic heterocycles. The second-order valence-electron chi connectivity index (χ2n) is 3.15. The summed E-state index contributed by atoms with van der Waals surface area (Å²) >= 11 is 0. The first-order valence-electron chi connectivity index (χ1n) is 4.81. The van der Waals surface area contributed by atoms with Gasteiger partial charge in [0.25, 0.3) is 0 Å². The summed E-state index contributed by atoms with van der Waals surface area (Å²) < 4.78 is 0. The van der Waals surface area contributed by atoms with Crippen LogP contribution < -0.4 is 11.1 Å². The van der Waals surface area contributed by atoms with Crippen LogP contribution in [0.3, 0.4) is 0 Å². The zero-order valence-corrected chi connectivity index (χ0v) is 9.64. The van der Waals surface area contributed by atoms with Gasteiger partial charge in [-0.25, -0.2) is 0 Å². The summed E-state index contributed by atoms with van der Waals surface area (Å²) in [6.07, 6.45) is 0.529. The van der Waals surface area contributed by atoms with Crippen LogP contribution in [0.5, 0.6) is 0 Å². The molecule has 0 aromatic heterocycles. The monoisotopic (exact) mass is 228 g/mol. The maximum Gasteiger partial charge on any atom is 0.219 e. The first kappa shape index (κ1) is 13.9. The number of nitrogens with one attached hydrogen (secondary N) is 1. The summed E-state index contributed by atoms with van der Waals surface area (Å²) in [7, 11) is 0. The van der Waals surface area contributed by atoms with Gasteiger partial charge >= 0.3 is 0 Å². The van der Waals surface area contributed by atoms with Crippen LogP contribution in [-0.4, -0.2) is 5.91 Å². The van der Waals surface area contributed by atoms with Crippen LogP contribution in [0.25, 0.3) is 0 Å². The number of halogens is 1. The molecule has 1 aromatic carbocycles. The van der Waals surface area contributed by atoms with Gasteiger partial charge in [0.1, 0.15) is 0 Å². The zero-order chi connectivity index (χ0) is 10.4. The zero-order valence-electron chi connectivity index (χ0n) is 8.82. The molecule has 0 atom stereocenters. The molecule has 0 bridgehead atoms. The molecule has 0 unspecified atom stereocenters. The number of amides is 1. The van der Waals surface area contributed by atoms with Crippen LogP contribution in [0, 0.1) is 0 Å². The molecular weight excluding hydrogens is 212 g/mol. The molecule has 0 aliphatic rings. The lowest BCUT2D eigenvalue weighted by atomic mass is 10.1. The topological polar surface area (TPSA) is 55.1 Å². The van der Waals surface area contributed by atoms with Gasteiger partial charge in [-0.1, -0.05) is 31.2 Å². The third kappa shape index (κ3) is 4.81. The van der Waals surface area contributed by atoms with E-state index in [0.29, 0.717) is 19.5 Å². The number of rotatable bonds is 4. The Labute approximate surface area is 96.5 Å². The maximum atomic E-state index is 11.0. The minimum absolute atomic E-state index is 0. The van der Waals surface area contributed by atoms with Crippen molar-refractivity contribution >= 4 is 18.3 Å². The van der Waals surface area contributed by atoms with E-state index < -0.39 is 0 Å². The first-order chi connectivity index (χ1) is 6.76. The van der Waals surface area contributed by atoms with Crippen LogP contribution in [0.4, 0.5) is 0 Å². The van der Waals surface area contributed by atoms with E-state index in [1.165, 1.54) is 0 Å². The third-order valence-corrected chi connectivity index (χ3v) is 2.07. The number of hydrogen-bond acceptors (Lipinski definition) is 2. The molecule has 1 rings (SSSR count). The van der Waals surface area contributed by atoms with Gasteiger partial charge in [0.15, 0.2) is 0 Å². The lowest BCUT2D eigenvalue weighted by Gasteiger charge is -2.04. The number of carbonyl (C=O) groups is 1. The molecule has 0 aliphatic carbocycles. The third-order valence-electron chi connectivity index (χ3n) is 2.07. The van der Waals surface area contributed by atoms with Crippen molar-refractivity contribution in [3.05, 3.63) is 35.4 Å². The first-order valence-corrected chi connectivity index (χ1v) is 4.81. The highest BCUT2D eigenvalue weighted by Crippen LogP contribution is 2.03. The Hall–Kier alpha value is -1.06. The number of benzene rings is 1. The normalized spacial score (nSPS) is 9.20. The highest BCUT2D eigenvalue weighted by molar-refractivity contribution is 5.85. The van der Waals surface area contributed by atoms with Crippen molar-refractivity contribution in [2.45, 2.75) is 26.4 Å². The molecular formula is C11H17ClN2O. The fourth-order valence-electron chi connectivity index (χ4n) is 1.12. The van der Waals surface area contributed by atoms with Crippen LogP contribution in [0.15, 0.2) is 24.3 Å². The second kappa shape index (κ2) is 7.26. The largest absolute Gasteiger partial charge is 0.352 e. The highest BCUT2D eigenvalue weighted by Gasteiger charge is 1.97. The quantitative estimate of drug-likeness (QED) is 0.823. The van der Waals surface area contributed by atoms with E-state index in [1.54, 1.807) is 0 Å². The average molecular weight is 229 g/mol. The molecule has 0 saturated heterocycles. The van der Waals surface area contributed by atoms with Gasteiger partial charge in [0, 0.05) is 19.5 Å². The van der Waals surface area contributed by atoms with Crippen LogP contribution in [-0.2, 0) is 17.9 Å². The van der Waals surface area contributed by atoms with Gasteiger partial charge in [0.2, 0.25) is 5.91 Å². The second-order valence-corrected chi connectivity index (χ2v) is 3.15. The summed E-state index contributed by atoms with van der Waals surface area (Å²) in [5.74, 6) is 0.0768. The Bertz CT molecular complexity index is 298. The molecule has 3 nitrogen and oxygen atoms in total. The van der Waals surface area contributed by atoms with Gasteiger partial charge in [-0.3, -0.25) is 4.79 Å². The predicted octanol–water partition coefficient (Wildman–Crippen LogP) is 1.59. The maximum absolute atomic E-state index is 11.0. The summed E-state index contributed by atoms with van der Waals surface area (Å²) in [5.41, 5.74) is 7.68. The van der Waals surface area contributed by atoms with Gasteiger partial charge in [-0.15, -0.1) is 12.4 Å². The lowest BCUT2D eigenvalue weighted by molar-refractivity contribution is -0.120. The fourth-order valence-corrected chi connectivity index (χ4v) is 1.12. The smallest absolute Gasteiger partial charge is 0.219 e. The molecule has 0 saturated carbocycles. The van der Waals surface area contributed by atoms with E-state index in [-0.39, 0.29) is 18.3 Å². The van der Waals surface area contributed by atoms with E-state index in [1.807, 2.05) is 31.2 Å². The number of carbonyl (C=O) groups excluding carboxylic acids is 1. The van der Waals surface area contributed by atoms with Crippen molar-refractivity contribution < 1.29 is 4.79 Å². The van der Waals surface area contributed by atoms with Crippen molar-refractivity contribution in [2.24, 2.45) is 5.73 Å². The Morgan fingerprint density at radius 3 is 2.27 bits per heavy atom. The molecule has 4 heteroatoms. The highest BCUT2D eigenvalue weighted by atomic mass is 35.5.